The quantitative estimate of drug-likeness (QED) is 0.843. The number of methoxy groups -OCH3 is 1. The van der Waals surface area contributed by atoms with Crippen LogP contribution in [-0.2, 0) is 14.8 Å². The molecule has 5 nitrogen and oxygen atoms in total. The zero-order chi connectivity index (χ0) is 14.0. The lowest BCUT2D eigenvalue weighted by molar-refractivity contribution is 0.103. The zero-order valence-corrected chi connectivity index (χ0v) is 12.6. The summed E-state index contributed by atoms with van der Waals surface area (Å²) in [5.74, 6) is -0.497. The van der Waals surface area contributed by atoms with Crippen molar-refractivity contribution < 1.29 is 17.5 Å². The average molecular weight is 353 g/mol. The SMILES string of the molecule is CO[C@H]1CNCC1NS(=O)(=O)c1ccc(F)cc1Br. The van der Waals surface area contributed by atoms with Crippen molar-refractivity contribution in [2.24, 2.45) is 0 Å². The molecule has 1 saturated heterocycles. The number of rotatable bonds is 4. The first-order valence-corrected chi connectivity index (χ1v) is 7.92. The number of ether oxygens (including phenoxy) is 1. The van der Waals surface area contributed by atoms with Gasteiger partial charge < -0.3 is 10.1 Å². The zero-order valence-electron chi connectivity index (χ0n) is 10.2. The molecule has 1 aromatic carbocycles. The van der Waals surface area contributed by atoms with E-state index in [0.717, 1.165) is 12.1 Å². The largest absolute Gasteiger partial charge is 0.378 e. The molecule has 0 aliphatic carbocycles. The summed E-state index contributed by atoms with van der Waals surface area (Å²) >= 11 is 3.06. The first-order chi connectivity index (χ1) is 8.94. The second kappa shape index (κ2) is 5.84. The van der Waals surface area contributed by atoms with Crippen molar-refractivity contribution in [1.82, 2.24) is 10.0 Å². The highest BCUT2D eigenvalue weighted by molar-refractivity contribution is 9.10. The summed E-state index contributed by atoms with van der Waals surface area (Å²) < 4.78 is 45.4. The van der Waals surface area contributed by atoms with E-state index in [0.29, 0.717) is 13.1 Å². The number of halogens is 2. The van der Waals surface area contributed by atoms with E-state index in [2.05, 4.69) is 26.0 Å². The Bertz CT molecular complexity index is 567. The van der Waals surface area contributed by atoms with Crippen molar-refractivity contribution in [3.8, 4) is 0 Å². The minimum absolute atomic E-state index is 0.00986. The molecule has 1 aliphatic heterocycles. The lowest BCUT2D eigenvalue weighted by Crippen LogP contribution is -2.43. The molecule has 1 heterocycles. The third-order valence-electron chi connectivity index (χ3n) is 2.95. The fraction of sp³-hybridized carbons (Fsp3) is 0.455. The Morgan fingerprint density at radius 1 is 1.47 bits per heavy atom. The summed E-state index contributed by atoms with van der Waals surface area (Å²) in [6, 6.07) is 3.12. The van der Waals surface area contributed by atoms with E-state index in [1.54, 1.807) is 0 Å². The summed E-state index contributed by atoms with van der Waals surface area (Å²) in [6.07, 6.45) is -0.214. The minimum atomic E-state index is -3.72. The van der Waals surface area contributed by atoms with E-state index in [4.69, 9.17) is 4.74 Å². The van der Waals surface area contributed by atoms with Crippen LogP contribution in [0.2, 0.25) is 0 Å². The molecule has 0 bridgehead atoms. The van der Waals surface area contributed by atoms with Gasteiger partial charge in [-0.05, 0) is 34.1 Å². The van der Waals surface area contributed by atoms with E-state index in [9.17, 15) is 12.8 Å². The molecule has 0 radical (unpaired) electrons. The summed E-state index contributed by atoms with van der Waals surface area (Å²) in [6.45, 7) is 1.09. The van der Waals surface area contributed by atoms with Crippen molar-refractivity contribution >= 4 is 26.0 Å². The maximum atomic E-state index is 13.0. The second-order valence-corrected chi connectivity index (χ2v) is 6.77. The van der Waals surface area contributed by atoms with Gasteiger partial charge in [-0.25, -0.2) is 17.5 Å². The van der Waals surface area contributed by atoms with Crippen molar-refractivity contribution in [3.63, 3.8) is 0 Å². The van der Waals surface area contributed by atoms with E-state index < -0.39 is 15.8 Å². The summed E-state index contributed by atoms with van der Waals surface area (Å²) in [5.41, 5.74) is 0. The molecule has 0 amide bonds. The van der Waals surface area contributed by atoms with E-state index in [-0.39, 0.29) is 21.5 Å². The Balaban J connectivity index is 2.23. The van der Waals surface area contributed by atoms with E-state index >= 15 is 0 Å². The number of nitrogens with one attached hydrogen (secondary N) is 2. The highest BCUT2D eigenvalue weighted by atomic mass is 79.9. The number of benzene rings is 1. The molecule has 106 valence electrons. The first-order valence-electron chi connectivity index (χ1n) is 5.65. The lowest BCUT2D eigenvalue weighted by Gasteiger charge is -2.19. The van der Waals surface area contributed by atoms with Gasteiger partial charge >= 0.3 is 0 Å². The van der Waals surface area contributed by atoms with Crippen LogP contribution in [0, 0.1) is 5.82 Å². The average Bonchev–Trinajstić information content (AvgIpc) is 2.74. The predicted octanol–water partition coefficient (Wildman–Crippen LogP) is 0.853. The van der Waals surface area contributed by atoms with Gasteiger partial charge in [-0.15, -0.1) is 0 Å². The Labute approximate surface area is 119 Å². The molecule has 1 aliphatic rings. The van der Waals surface area contributed by atoms with Gasteiger partial charge in [0.25, 0.3) is 0 Å². The maximum Gasteiger partial charge on any atom is 0.242 e. The third-order valence-corrected chi connectivity index (χ3v) is 5.42. The van der Waals surface area contributed by atoms with Crippen LogP contribution >= 0.6 is 15.9 Å². The van der Waals surface area contributed by atoms with E-state index in [1.807, 2.05) is 0 Å². The molecule has 0 spiro atoms. The molecular weight excluding hydrogens is 339 g/mol. The van der Waals surface area contributed by atoms with Crippen molar-refractivity contribution in [3.05, 3.63) is 28.5 Å². The van der Waals surface area contributed by atoms with Crippen LogP contribution in [0.4, 0.5) is 4.39 Å². The van der Waals surface area contributed by atoms with Crippen LogP contribution in [0.15, 0.2) is 27.6 Å². The van der Waals surface area contributed by atoms with Gasteiger partial charge in [0.15, 0.2) is 0 Å². The molecule has 2 rings (SSSR count). The van der Waals surface area contributed by atoms with Crippen molar-refractivity contribution in [2.75, 3.05) is 20.2 Å². The number of hydrogen-bond acceptors (Lipinski definition) is 4. The van der Waals surface area contributed by atoms with Gasteiger partial charge in [0.2, 0.25) is 10.0 Å². The molecule has 2 N–H and O–H groups in total. The molecule has 0 saturated carbocycles. The summed E-state index contributed by atoms with van der Waals surface area (Å²) in [4.78, 5) is 0.00986. The maximum absolute atomic E-state index is 13.0. The minimum Gasteiger partial charge on any atom is -0.378 e. The number of sulfonamides is 1. The number of hydrogen-bond donors (Lipinski definition) is 2. The Morgan fingerprint density at radius 2 is 2.21 bits per heavy atom. The topological polar surface area (TPSA) is 67.4 Å². The summed E-state index contributed by atoms with van der Waals surface area (Å²) in [5, 5.41) is 3.05. The molecule has 2 atom stereocenters. The molecule has 1 aromatic rings. The third kappa shape index (κ3) is 3.32. The molecule has 8 heteroatoms. The molecule has 1 unspecified atom stereocenters. The van der Waals surface area contributed by atoms with Crippen LogP contribution in [0.5, 0.6) is 0 Å². The van der Waals surface area contributed by atoms with Crippen LogP contribution < -0.4 is 10.0 Å². The van der Waals surface area contributed by atoms with Gasteiger partial charge in [-0.1, -0.05) is 0 Å². The van der Waals surface area contributed by atoms with Crippen LogP contribution in [0.3, 0.4) is 0 Å². The van der Waals surface area contributed by atoms with Crippen LogP contribution in [0.1, 0.15) is 0 Å². The Kier molecular flexibility index (Phi) is 4.57. The molecule has 0 aromatic heterocycles. The van der Waals surface area contributed by atoms with Crippen molar-refractivity contribution in [2.45, 2.75) is 17.0 Å². The predicted molar refractivity (Wildman–Crippen MR) is 71.9 cm³/mol. The second-order valence-electron chi connectivity index (χ2n) is 4.23. The summed E-state index contributed by atoms with van der Waals surface area (Å²) in [7, 11) is -2.18. The van der Waals surface area contributed by atoms with Gasteiger partial charge in [0.05, 0.1) is 17.0 Å². The Hall–Kier alpha value is -0.540. The fourth-order valence-corrected chi connectivity index (χ4v) is 4.29. The van der Waals surface area contributed by atoms with Gasteiger partial charge in [0.1, 0.15) is 5.82 Å². The highest BCUT2D eigenvalue weighted by Gasteiger charge is 2.31. The smallest absolute Gasteiger partial charge is 0.242 e. The Morgan fingerprint density at radius 3 is 2.84 bits per heavy atom. The van der Waals surface area contributed by atoms with Gasteiger partial charge in [-0.2, -0.15) is 0 Å². The standard InChI is InChI=1S/C11H14BrFN2O3S/c1-18-10-6-14-5-9(10)15-19(16,17)11-3-2-7(13)4-8(11)12/h2-4,9-10,14-15H,5-6H2,1H3/t9?,10-/m0/s1. The van der Waals surface area contributed by atoms with Gasteiger partial charge in [0, 0.05) is 24.7 Å². The van der Waals surface area contributed by atoms with Crippen molar-refractivity contribution in [1.29, 1.82) is 0 Å². The van der Waals surface area contributed by atoms with Gasteiger partial charge in [-0.3, -0.25) is 0 Å². The monoisotopic (exact) mass is 352 g/mol. The molecule has 19 heavy (non-hydrogen) atoms. The molecular formula is C11H14BrFN2O3S. The fourth-order valence-electron chi connectivity index (χ4n) is 1.98. The van der Waals surface area contributed by atoms with E-state index in [1.165, 1.54) is 13.2 Å². The van der Waals surface area contributed by atoms with Crippen LogP contribution in [-0.4, -0.2) is 40.8 Å². The normalized spacial score (nSPS) is 23.7. The first kappa shape index (κ1) is 14.9. The highest BCUT2D eigenvalue weighted by Crippen LogP contribution is 2.23. The molecule has 1 fully saturated rings. The lowest BCUT2D eigenvalue weighted by atomic mass is 10.2. The van der Waals surface area contributed by atoms with Crippen LogP contribution in [0.25, 0.3) is 0 Å².